The lowest BCUT2D eigenvalue weighted by atomic mass is 10.00. The standard InChI is InChI=1S/C15H21N3O/c1-17(2)11-7-8-18(10-11)15(19)13-9-16-14-6-4-3-5-12(13)14/h3-6,11,13,16H,7-10H2,1-2H3. The summed E-state index contributed by atoms with van der Waals surface area (Å²) in [4.78, 5) is 16.9. The maximum atomic E-state index is 12.6. The molecule has 19 heavy (non-hydrogen) atoms. The number of para-hydroxylation sites is 1. The molecule has 2 atom stereocenters. The van der Waals surface area contributed by atoms with E-state index in [0.29, 0.717) is 6.04 Å². The number of nitrogens with one attached hydrogen (secondary N) is 1. The Hall–Kier alpha value is -1.55. The van der Waals surface area contributed by atoms with Crippen LogP contribution >= 0.6 is 0 Å². The largest absolute Gasteiger partial charge is 0.384 e. The van der Waals surface area contributed by atoms with E-state index in [4.69, 9.17) is 0 Å². The fourth-order valence-corrected chi connectivity index (χ4v) is 3.09. The van der Waals surface area contributed by atoms with Gasteiger partial charge in [-0.2, -0.15) is 0 Å². The van der Waals surface area contributed by atoms with Crippen LogP contribution in [0.15, 0.2) is 24.3 Å². The fourth-order valence-electron chi connectivity index (χ4n) is 3.09. The number of nitrogens with zero attached hydrogens (tertiary/aromatic N) is 2. The van der Waals surface area contributed by atoms with E-state index in [2.05, 4.69) is 36.4 Å². The topological polar surface area (TPSA) is 35.6 Å². The zero-order chi connectivity index (χ0) is 13.4. The second-order valence-electron chi connectivity index (χ2n) is 5.71. The number of anilines is 1. The molecule has 0 bridgehead atoms. The van der Waals surface area contributed by atoms with Crippen molar-refractivity contribution in [3.05, 3.63) is 29.8 Å². The third kappa shape index (κ3) is 2.21. The molecular formula is C15H21N3O. The third-order valence-electron chi connectivity index (χ3n) is 4.34. The number of amides is 1. The van der Waals surface area contributed by atoms with Gasteiger partial charge >= 0.3 is 0 Å². The monoisotopic (exact) mass is 259 g/mol. The normalized spacial score (nSPS) is 25.5. The maximum absolute atomic E-state index is 12.6. The minimum absolute atomic E-state index is 0.00267. The lowest BCUT2D eigenvalue weighted by molar-refractivity contribution is -0.131. The minimum Gasteiger partial charge on any atom is -0.384 e. The predicted octanol–water partition coefficient (Wildman–Crippen LogP) is 1.36. The molecule has 1 aromatic carbocycles. The lowest BCUT2D eigenvalue weighted by Crippen LogP contribution is -2.37. The molecule has 0 spiro atoms. The summed E-state index contributed by atoms with van der Waals surface area (Å²) in [5, 5.41) is 3.33. The molecule has 1 aromatic rings. The Kier molecular flexibility index (Phi) is 3.19. The van der Waals surface area contributed by atoms with Crippen LogP contribution in [-0.2, 0) is 4.79 Å². The molecule has 1 saturated heterocycles. The van der Waals surface area contributed by atoms with Gasteiger partial charge in [0.15, 0.2) is 0 Å². The van der Waals surface area contributed by atoms with Crippen LogP contribution in [0.1, 0.15) is 17.9 Å². The molecule has 0 aliphatic carbocycles. The van der Waals surface area contributed by atoms with Crippen molar-refractivity contribution in [2.75, 3.05) is 39.0 Å². The Morgan fingerprint density at radius 1 is 1.37 bits per heavy atom. The van der Waals surface area contributed by atoms with Crippen LogP contribution in [0.2, 0.25) is 0 Å². The van der Waals surface area contributed by atoms with Gasteiger partial charge < -0.3 is 15.1 Å². The maximum Gasteiger partial charge on any atom is 0.232 e. The quantitative estimate of drug-likeness (QED) is 0.871. The third-order valence-corrected chi connectivity index (χ3v) is 4.34. The van der Waals surface area contributed by atoms with Gasteiger partial charge in [-0.05, 0) is 32.1 Å². The second kappa shape index (κ2) is 4.85. The van der Waals surface area contributed by atoms with E-state index in [1.807, 2.05) is 17.0 Å². The van der Waals surface area contributed by atoms with Crippen LogP contribution in [0.25, 0.3) is 0 Å². The number of benzene rings is 1. The van der Waals surface area contributed by atoms with Crippen molar-refractivity contribution >= 4 is 11.6 Å². The van der Waals surface area contributed by atoms with Crippen molar-refractivity contribution in [2.24, 2.45) is 0 Å². The summed E-state index contributed by atoms with van der Waals surface area (Å²) >= 11 is 0. The van der Waals surface area contributed by atoms with E-state index in [1.165, 1.54) is 0 Å². The van der Waals surface area contributed by atoms with E-state index < -0.39 is 0 Å². The summed E-state index contributed by atoms with van der Waals surface area (Å²) in [5.41, 5.74) is 2.27. The number of carbonyl (C=O) groups excluding carboxylic acids is 1. The van der Waals surface area contributed by atoms with E-state index in [9.17, 15) is 4.79 Å². The van der Waals surface area contributed by atoms with Gasteiger partial charge in [0, 0.05) is 31.4 Å². The van der Waals surface area contributed by atoms with E-state index in [-0.39, 0.29) is 11.8 Å². The Bertz CT molecular complexity index is 486. The van der Waals surface area contributed by atoms with Gasteiger partial charge in [0.05, 0.1) is 5.92 Å². The molecule has 0 saturated carbocycles. The first kappa shape index (κ1) is 12.5. The van der Waals surface area contributed by atoms with Crippen LogP contribution < -0.4 is 5.32 Å². The van der Waals surface area contributed by atoms with Gasteiger partial charge in [-0.3, -0.25) is 4.79 Å². The molecule has 4 nitrogen and oxygen atoms in total. The zero-order valence-corrected chi connectivity index (χ0v) is 11.6. The average molecular weight is 259 g/mol. The molecule has 2 heterocycles. The van der Waals surface area contributed by atoms with Crippen molar-refractivity contribution in [1.82, 2.24) is 9.80 Å². The summed E-state index contributed by atoms with van der Waals surface area (Å²) in [6.07, 6.45) is 1.08. The highest BCUT2D eigenvalue weighted by molar-refractivity contribution is 5.88. The second-order valence-corrected chi connectivity index (χ2v) is 5.71. The molecule has 2 aliphatic heterocycles. The zero-order valence-electron chi connectivity index (χ0n) is 11.6. The number of carbonyl (C=O) groups is 1. The summed E-state index contributed by atoms with van der Waals surface area (Å²) in [6, 6.07) is 8.65. The molecule has 102 valence electrons. The van der Waals surface area contributed by atoms with Gasteiger partial charge in [0.25, 0.3) is 0 Å². The molecule has 2 unspecified atom stereocenters. The average Bonchev–Trinajstić information content (AvgIpc) is 3.05. The minimum atomic E-state index is -0.00267. The number of hydrogen-bond acceptors (Lipinski definition) is 3. The van der Waals surface area contributed by atoms with E-state index >= 15 is 0 Å². The highest BCUT2D eigenvalue weighted by Gasteiger charge is 2.35. The van der Waals surface area contributed by atoms with Gasteiger partial charge in [-0.1, -0.05) is 18.2 Å². The highest BCUT2D eigenvalue weighted by atomic mass is 16.2. The first-order valence-corrected chi connectivity index (χ1v) is 6.95. The summed E-state index contributed by atoms with van der Waals surface area (Å²) < 4.78 is 0. The Balaban J connectivity index is 1.73. The molecule has 1 fully saturated rings. The Labute approximate surface area is 114 Å². The number of rotatable bonds is 2. The van der Waals surface area contributed by atoms with Crippen LogP contribution in [0.3, 0.4) is 0 Å². The molecule has 0 radical (unpaired) electrons. The highest BCUT2D eigenvalue weighted by Crippen LogP contribution is 2.33. The van der Waals surface area contributed by atoms with Crippen molar-refractivity contribution in [1.29, 1.82) is 0 Å². The van der Waals surface area contributed by atoms with Crippen LogP contribution in [0.4, 0.5) is 5.69 Å². The van der Waals surface area contributed by atoms with Crippen LogP contribution in [0, 0.1) is 0 Å². The number of hydrogen-bond donors (Lipinski definition) is 1. The molecular weight excluding hydrogens is 238 g/mol. The van der Waals surface area contributed by atoms with Gasteiger partial charge in [-0.15, -0.1) is 0 Å². The molecule has 1 N–H and O–H groups in total. The van der Waals surface area contributed by atoms with E-state index in [1.54, 1.807) is 0 Å². The summed E-state index contributed by atoms with van der Waals surface area (Å²) in [5.74, 6) is 0.277. The molecule has 2 aliphatic rings. The smallest absolute Gasteiger partial charge is 0.232 e. The van der Waals surface area contributed by atoms with Crippen LogP contribution in [-0.4, -0.2) is 55.5 Å². The van der Waals surface area contributed by atoms with Crippen molar-refractivity contribution in [2.45, 2.75) is 18.4 Å². The van der Waals surface area contributed by atoms with Crippen LogP contribution in [0.5, 0.6) is 0 Å². The number of fused-ring (bicyclic) bond motifs is 1. The van der Waals surface area contributed by atoms with Gasteiger partial charge in [0.1, 0.15) is 0 Å². The predicted molar refractivity (Wildman–Crippen MR) is 76.3 cm³/mol. The molecule has 3 rings (SSSR count). The lowest BCUT2D eigenvalue weighted by Gasteiger charge is -2.22. The summed E-state index contributed by atoms with van der Waals surface area (Å²) in [7, 11) is 4.18. The van der Waals surface area contributed by atoms with Crippen molar-refractivity contribution in [3.8, 4) is 0 Å². The molecule has 0 aromatic heterocycles. The first-order chi connectivity index (χ1) is 9.16. The van der Waals surface area contributed by atoms with Crippen molar-refractivity contribution < 1.29 is 4.79 Å². The van der Waals surface area contributed by atoms with Gasteiger partial charge in [-0.25, -0.2) is 0 Å². The van der Waals surface area contributed by atoms with Gasteiger partial charge in [0.2, 0.25) is 5.91 Å². The van der Waals surface area contributed by atoms with E-state index in [0.717, 1.165) is 37.3 Å². The van der Waals surface area contributed by atoms with Crippen molar-refractivity contribution in [3.63, 3.8) is 0 Å². The Morgan fingerprint density at radius 2 is 2.16 bits per heavy atom. The fraction of sp³-hybridized carbons (Fsp3) is 0.533. The SMILES string of the molecule is CN(C)C1CCN(C(=O)C2CNc3ccccc32)C1. The first-order valence-electron chi connectivity index (χ1n) is 6.95. The summed E-state index contributed by atoms with van der Waals surface area (Å²) in [6.45, 7) is 2.49. The number of likely N-dealkylation sites (N-methyl/N-ethyl adjacent to an activating group) is 1. The Morgan fingerprint density at radius 3 is 2.89 bits per heavy atom. The molecule has 4 heteroatoms. The molecule has 1 amide bonds. The number of likely N-dealkylation sites (tertiary alicyclic amines) is 1.